The normalized spacial score (nSPS) is 24.4. The van der Waals surface area contributed by atoms with Crippen molar-refractivity contribution in [1.82, 2.24) is 39.8 Å². The Kier molecular flexibility index (Phi) is 11.6. The molecule has 0 bridgehead atoms. The number of piperidine rings is 3. The molecule has 5 aliphatic heterocycles. The van der Waals surface area contributed by atoms with Crippen LogP contribution in [-0.2, 0) is 20.7 Å². The van der Waals surface area contributed by atoms with Gasteiger partial charge in [-0.15, -0.1) is 0 Å². The largest absolute Gasteiger partial charge is 0.508 e. The van der Waals surface area contributed by atoms with Gasteiger partial charge in [-0.1, -0.05) is 13.0 Å². The number of ether oxygens (including phenoxy) is 2. The molecule has 1 unspecified atom stereocenters. The van der Waals surface area contributed by atoms with Gasteiger partial charge in [0, 0.05) is 93.4 Å². The fourth-order valence-electron chi connectivity index (χ4n) is 13.6. The first-order valence-electron chi connectivity index (χ1n) is 26.8. The number of anilines is 2. The molecule has 0 radical (unpaired) electrons. The van der Waals surface area contributed by atoms with Gasteiger partial charge in [-0.2, -0.15) is 15.1 Å². The highest BCUT2D eigenvalue weighted by Gasteiger charge is 2.50. The fraction of sp³-hybridized carbons (Fsp3) is 0.536. The minimum absolute atomic E-state index is 0.00515. The second kappa shape index (κ2) is 18.1. The molecule has 13 rings (SSSR count). The van der Waals surface area contributed by atoms with Crippen LogP contribution in [0.15, 0.2) is 54.9 Å². The highest BCUT2D eigenvalue weighted by atomic mass is 19.1. The third kappa shape index (κ3) is 8.62. The molecule has 7 fully saturated rings. The zero-order valence-electron chi connectivity index (χ0n) is 41.7. The van der Waals surface area contributed by atoms with E-state index in [4.69, 9.17) is 19.4 Å². The maximum Gasteiger partial charge on any atom is 0.319 e. The Morgan fingerprint density at radius 2 is 1.70 bits per heavy atom. The molecule has 8 heterocycles. The second-order valence-corrected chi connectivity index (χ2v) is 22.7. The highest BCUT2D eigenvalue weighted by Crippen LogP contribution is 2.54. The van der Waals surface area contributed by atoms with Gasteiger partial charge in [0.2, 0.25) is 5.91 Å². The number of aromatic nitrogens is 5. The van der Waals surface area contributed by atoms with Crippen molar-refractivity contribution in [2.75, 3.05) is 88.5 Å². The van der Waals surface area contributed by atoms with E-state index in [1.807, 2.05) is 13.1 Å². The summed E-state index contributed by atoms with van der Waals surface area (Å²) in [7, 11) is 0. The molecule has 15 nitrogen and oxygen atoms in total. The minimum atomic E-state index is -0.661. The summed E-state index contributed by atoms with van der Waals surface area (Å²) >= 11 is 0. The molecule has 2 aliphatic carbocycles. The van der Waals surface area contributed by atoms with E-state index in [0.29, 0.717) is 70.9 Å². The van der Waals surface area contributed by atoms with Crippen molar-refractivity contribution in [1.29, 1.82) is 0 Å². The van der Waals surface area contributed by atoms with E-state index in [-0.39, 0.29) is 51.6 Å². The van der Waals surface area contributed by atoms with Gasteiger partial charge in [-0.05, 0) is 141 Å². The molecule has 2 spiro atoms. The van der Waals surface area contributed by atoms with Crippen molar-refractivity contribution in [3.63, 3.8) is 0 Å². The SMILES string of the molecule is CCc1c(F)ccc2cc(O)cc(-c3ncc4c(N5CCC[C@]6(CCO6)C5)nc(OCC5(CN6CCC7(CC6)CC(CN6CCN(c8ccc9c(cnn9C9CCC(=O)NC9=O)c8)CC6)C7)CC5)nc4c3F)c12. The maximum atomic E-state index is 17.3. The molecule has 6 aromatic rings. The number of pyridine rings is 1. The van der Waals surface area contributed by atoms with Crippen molar-refractivity contribution in [2.24, 2.45) is 16.7 Å². The topological polar surface area (TPSA) is 154 Å². The number of aryl methyl sites for hydroxylation is 1. The van der Waals surface area contributed by atoms with Gasteiger partial charge in [0.1, 0.15) is 34.6 Å². The highest BCUT2D eigenvalue weighted by molar-refractivity contribution is 6.02. The first-order chi connectivity index (χ1) is 35.4. The number of rotatable bonds is 12. The summed E-state index contributed by atoms with van der Waals surface area (Å²) in [6, 6.07) is 12.1. The number of amides is 2. The van der Waals surface area contributed by atoms with Crippen molar-refractivity contribution < 1.29 is 33.0 Å². The van der Waals surface area contributed by atoms with Crippen LogP contribution < -0.4 is 19.9 Å². The van der Waals surface area contributed by atoms with Crippen LogP contribution in [0, 0.1) is 28.4 Å². The zero-order valence-corrected chi connectivity index (χ0v) is 41.7. The van der Waals surface area contributed by atoms with E-state index in [1.165, 1.54) is 43.5 Å². The number of likely N-dealkylation sites (tertiary alicyclic amines) is 1. The van der Waals surface area contributed by atoms with Crippen molar-refractivity contribution in [2.45, 2.75) is 95.6 Å². The molecule has 17 heteroatoms. The van der Waals surface area contributed by atoms with Gasteiger partial charge < -0.3 is 29.3 Å². The van der Waals surface area contributed by atoms with Crippen molar-refractivity contribution >= 4 is 55.9 Å². The number of aromatic hydroxyl groups is 1. The number of benzene rings is 3. The lowest BCUT2D eigenvalue weighted by Gasteiger charge is -2.54. The number of hydrogen-bond donors (Lipinski definition) is 2. The Morgan fingerprint density at radius 3 is 2.45 bits per heavy atom. The van der Waals surface area contributed by atoms with E-state index in [0.717, 1.165) is 114 Å². The van der Waals surface area contributed by atoms with Crippen LogP contribution in [-0.4, -0.2) is 136 Å². The summed E-state index contributed by atoms with van der Waals surface area (Å²) in [6.45, 7) is 12.8. The Morgan fingerprint density at radius 1 is 0.877 bits per heavy atom. The third-order valence-electron chi connectivity index (χ3n) is 17.9. The molecule has 2 N–H and O–H groups in total. The molecule has 7 aliphatic rings. The molecule has 382 valence electrons. The van der Waals surface area contributed by atoms with Gasteiger partial charge in [-0.3, -0.25) is 29.5 Å². The van der Waals surface area contributed by atoms with E-state index in [9.17, 15) is 14.7 Å². The predicted octanol–water partition coefficient (Wildman–Crippen LogP) is 7.95. The van der Waals surface area contributed by atoms with Gasteiger partial charge >= 0.3 is 6.01 Å². The number of fused-ring (bicyclic) bond motifs is 3. The predicted molar refractivity (Wildman–Crippen MR) is 274 cm³/mol. The molecule has 73 heavy (non-hydrogen) atoms. The van der Waals surface area contributed by atoms with Gasteiger partial charge in [-0.25, -0.2) is 8.78 Å². The number of piperazine rings is 1. The number of carbonyl (C=O) groups excluding carboxylic acids is 2. The van der Waals surface area contributed by atoms with Gasteiger partial charge in [0.05, 0.1) is 35.9 Å². The van der Waals surface area contributed by atoms with Crippen LogP contribution >= 0.6 is 0 Å². The van der Waals surface area contributed by atoms with Crippen LogP contribution in [0.4, 0.5) is 20.3 Å². The monoisotopic (exact) mass is 995 g/mol. The Labute approximate surface area is 423 Å². The summed E-state index contributed by atoms with van der Waals surface area (Å²) in [6.07, 6.45) is 14.7. The van der Waals surface area contributed by atoms with Crippen LogP contribution in [0.2, 0.25) is 0 Å². The van der Waals surface area contributed by atoms with Gasteiger partial charge in [0.25, 0.3) is 5.91 Å². The molecular weight excluding hydrogens is 931 g/mol. The zero-order chi connectivity index (χ0) is 49.6. The molecular formula is C56H64F2N10O5. The quantitative estimate of drug-likeness (QED) is 0.114. The van der Waals surface area contributed by atoms with Crippen molar-refractivity contribution in [3.05, 3.63) is 72.1 Å². The summed E-state index contributed by atoms with van der Waals surface area (Å²) in [5.41, 5.74) is 3.13. The molecule has 3 aromatic heterocycles. The Hall–Kier alpha value is -6.04. The van der Waals surface area contributed by atoms with E-state index in [2.05, 4.69) is 53.2 Å². The first kappa shape index (κ1) is 46.7. The number of imide groups is 1. The average molecular weight is 995 g/mol. The second-order valence-electron chi connectivity index (χ2n) is 22.7. The lowest BCUT2D eigenvalue weighted by atomic mass is 9.57. The summed E-state index contributed by atoms with van der Waals surface area (Å²) in [5, 5.41) is 20.4. The van der Waals surface area contributed by atoms with Crippen LogP contribution in [0.3, 0.4) is 0 Å². The van der Waals surface area contributed by atoms with Crippen LogP contribution in [0.5, 0.6) is 11.8 Å². The standard InChI is InChI=1S/C56H64F2N10O5/c1-2-40-43(57)6-4-36-25-39(69)26-41(47(36)40)49-48(58)50-42(30-59-49)51(67-16-3-10-56(33-67)15-23-73-56)63-53(62-50)72-34-55(11-12-55)32-65-17-13-54(14-18-65)27-35(28-54)31-64-19-21-66(22-20-64)38-5-7-44-37(24-38)29-60-68(44)45-8-9-46(70)61-52(45)71/h4-7,24-26,29-30,35,45,69H,2-3,8-23,27-28,31-34H2,1H3,(H,61,70,71)/t45?,56-/m0/s1. The minimum Gasteiger partial charge on any atom is -0.508 e. The van der Waals surface area contributed by atoms with Crippen LogP contribution in [0.1, 0.15) is 89.2 Å². The van der Waals surface area contributed by atoms with Gasteiger partial charge in [0.15, 0.2) is 5.82 Å². The average Bonchev–Trinajstić information content (AvgIpc) is 4.02. The molecule has 5 saturated heterocycles. The Balaban J connectivity index is 0.637. The molecule has 2 saturated carbocycles. The van der Waals surface area contributed by atoms with E-state index >= 15 is 8.78 Å². The van der Waals surface area contributed by atoms with E-state index < -0.39 is 11.9 Å². The fourth-order valence-corrected chi connectivity index (χ4v) is 13.6. The van der Waals surface area contributed by atoms with E-state index in [1.54, 1.807) is 23.0 Å². The van der Waals surface area contributed by atoms with Crippen LogP contribution in [0.25, 0.3) is 43.8 Å². The lowest BCUT2D eigenvalue weighted by molar-refractivity contribution is -0.151. The summed E-state index contributed by atoms with van der Waals surface area (Å²) < 4.78 is 46.9. The first-order valence-corrected chi connectivity index (χ1v) is 26.8. The number of halogens is 2. The van der Waals surface area contributed by atoms with Crippen molar-refractivity contribution in [3.8, 4) is 23.0 Å². The number of phenols is 1. The maximum absolute atomic E-state index is 17.3. The number of carbonyl (C=O) groups is 2. The Bertz CT molecular complexity index is 3150. The molecule has 2 atom stereocenters. The smallest absolute Gasteiger partial charge is 0.319 e. The summed E-state index contributed by atoms with van der Waals surface area (Å²) in [4.78, 5) is 48.6. The molecule has 2 amide bonds. The third-order valence-corrected chi connectivity index (χ3v) is 17.9. The number of nitrogens with zero attached hydrogens (tertiary/aromatic N) is 9. The number of phenolic OH excluding ortho intramolecular Hbond substituents is 1. The summed E-state index contributed by atoms with van der Waals surface area (Å²) in [5.74, 6) is -0.292. The lowest BCUT2D eigenvalue weighted by Crippen LogP contribution is -2.56. The number of hydrogen-bond acceptors (Lipinski definition) is 13. The molecule has 3 aromatic carbocycles. The number of nitrogens with one attached hydrogen (secondary N) is 1.